The highest BCUT2D eigenvalue weighted by Gasteiger charge is 2.03. The molecule has 17 heavy (non-hydrogen) atoms. The fourth-order valence-corrected chi connectivity index (χ4v) is 1.51. The number of nitrogens with zero attached hydrogens (tertiary/aromatic N) is 2. The van der Waals surface area contributed by atoms with E-state index in [1.165, 1.54) is 0 Å². The van der Waals surface area contributed by atoms with Gasteiger partial charge in [0.05, 0.1) is 17.8 Å². The third-order valence-electron chi connectivity index (χ3n) is 2.07. The van der Waals surface area contributed by atoms with Gasteiger partial charge in [-0.25, -0.2) is 9.82 Å². The van der Waals surface area contributed by atoms with Gasteiger partial charge >= 0.3 is 0 Å². The highest BCUT2D eigenvalue weighted by Crippen LogP contribution is 2.23. The maximum atomic E-state index is 5.99. The topological polar surface area (TPSA) is 63.7 Å². The van der Waals surface area contributed by atoms with Crippen LogP contribution in [0.5, 0.6) is 0 Å². The minimum atomic E-state index is 0.551. The zero-order valence-electron chi connectivity index (χ0n) is 9.22. The fourth-order valence-electron chi connectivity index (χ4n) is 1.34. The lowest BCUT2D eigenvalue weighted by Gasteiger charge is -2.06. The molecule has 0 aromatic carbocycles. The van der Waals surface area contributed by atoms with Gasteiger partial charge in [-0.15, -0.1) is 0 Å². The number of nitrogens with two attached hydrogens (primary N) is 1. The van der Waals surface area contributed by atoms with Crippen molar-refractivity contribution in [1.82, 2.24) is 9.97 Å². The van der Waals surface area contributed by atoms with Crippen molar-refractivity contribution < 1.29 is 10.3 Å². The van der Waals surface area contributed by atoms with Gasteiger partial charge in [0.25, 0.3) is 0 Å². The summed E-state index contributed by atoms with van der Waals surface area (Å²) < 4.78 is 0. The van der Waals surface area contributed by atoms with E-state index in [1.54, 1.807) is 37.2 Å². The van der Waals surface area contributed by atoms with Gasteiger partial charge in [-0.05, 0) is 6.07 Å². The van der Waals surface area contributed by atoms with Gasteiger partial charge in [-0.2, -0.15) is 5.48 Å². The highest BCUT2D eigenvalue weighted by molar-refractivity contribution is 6.33. The van der Waals surface area contributed by atoms with Gasteiger partial charge in [-0.1, -0.05) is 11.6 Å². The van der Waals surface area contributed by atoms with E-state index in [0.717, 1.165) is 11.4 Å². The first-order chi connectivity index (χ1) is 8.29. The van der Waals surface area contributed by atoms with E-state index in [0.29, 0.717) is 10.8 Å². The van der Waals surface area contributed by atoms with Crippen LogP contribution >= 0.6 is 11.6 Å². The summed E-state index contributed by atoms with van der Waals surface area (Å²) in [6.45, 7) is 0. The molecular formula is C11H12ClN4O+. The smallest absolute Gasteiger partial charge is 0.167 e. The number of anilines is 2. The molecule has 3 N–H and O–H groups in total. The van der Waals surface area contributed by atoms with Gasteiger partial charge in [0.2, 0.25) is 0 Å². The van der Waals surface area contributed by atoms with E-state index in [2.05, 4.69) is 15.3 Å². The van der Waals surface area contributed by atoms with Crippen LogP contribution in [0.15, 0.2) is 36.8 Å². The van der Waals surface area contributed by atoms with Crippen LogP contribution < -0.4 is 10.8 Å². The summed E-state index contributed by atoms with van der Waals surface area (Å²) in [5.41, 5.74) is 3.33. The molecular weight excluding hydrogens is 240 g/mol. The molecule has 0 bridgehead atoms. The molecule has 2 heterocycles. The average Bonchev–Trinajstić information content (AvgIpc) is 2.33. The lowest BCUT2D eigenvalue weighted by atomic mass is 10.3. The molecule has 6 heteroatoms. The van der Waals surface area contributed by atoms with E-state index in [1.807, 2.05) is 12.1 Å². The molecule has 0 aliphatic heterocycles. The summed E-state index contributed by atoms with van der Waals surface area (Å²) in [5.74, 6) is 0.698. The monoisotopic (exact) mass is 251 g/mol. The maximum absolute atomic E-state index is 5.99. The molecule has 2 rings (SSSR count). The quantitative estimate of drug-likeness (QED) is 0.811. The Balaban J connectivity index is 2.18. The molecule has 0 unspecified atom stereocenters. The average molecular weight is 252 g/mol. The Morgan fingerprint density at radius 2 is 2.24 bits per heavy atom. The van der Waals surface area contributed by atoms with Crippen molar-refractivity contribution >= 4 is 28.8 Å². The second-order valence-corrected chi connectivity index (χ2v) is 3.72. The minimum Gasteiger partial charge on any atom is -0.339 e. The van der Waals surface area contributed by atoms with Crippen molar-refractivity contribution in [2.45, 2.75) is 0 Å². The Morgan fingerprint density at radius 1 is 1.35 bits per heavy atom. The number of halogens is 1. The van der Waals surface area contributed by atoms with Crippen LogP contribution in [0.1, 0.15) is 0 Å². The summed E-state index contributed by atoms with van der Waals surface area (Å²) in [6.07, 6.45) is 4.94. The predicted molar refractivity (Wildman–Crippen MR) is 65.4 cm³/mol. The number of hydrogen-bond acceptors (Lipinski definition) is 4. The molecule has 0 atom stereocenters. The number of rotatable bonds is 4. The van der Waals surface area contributed by atoms with E-state index in [4.69, 9.17) is 16.4 Å². The van der Waals surface area contributed by atoms with Crippen molar-refractivity contribution in [3.63, 3.8) is 0 Å². The van der Waals surface area contributed by atoms with E-state index in [9.17, 15) is 0 Å². The summed E-state index contributed by atoms with van der Waals surface area (Å²) >= 11 is 5.99. The lowest BCUT2D eigenvalue weighted by Crippen LogP contribution is -2.75. The largest absolute Gasteiger partial charge is 0.339 e. The van der Waals surface area contributed by atoms with Gasteiger partial charge in [0.15, 0.2) is 5.69 Å². The van der Waals surface area contributed by atoms with Crippen molar-refractivity contribution in [2.75, 3.05) is 12.4 Å². The minimum absolute atomic E-state index is 0.551. The molecule has 0 amide bonds. The van der Waals surface area contributed by atoms with E-state index < -0.39 is 0 Å². The first-order valence-electron chi connectivity index (χ1n) is 4.98. The Bertz CT molecular complexity index is 506. The number of hydrogen-bond donors (Lipinski definition) is 2. The van der Waals surface area contributed by atoms with Gasteiger partial charge in [0, 0.05) is 30.7 Å². The molecule has 0 saturated heterocycles. The second-order valence-electron chi connectivity index (χ2n) is 3.31. The van der Waals surface area contributed by atoms with E-state index >= 15 is 0 Å². The zero-order valence-corrected chi connectivity index (χ0v) is 9.98. The Labute approximate surface area is 104 Å². The third-order valence-corrected chi connectivity index (χ3v) is 2.37. The zero-order chi connectivity index (χ0) is 12.1. The van der Waals surface area contributed by atoms with Gasteiger partial charge < -0.3 is 5.32 Å². The van der Waals surface area contributed by atoms with E-state index in [-0.39, 0.29) is 0 Å². The Hall–Kier alpha value is -1.69. The van der Waals surface area contributed by atoms with Crippen molar-refractivity contribution in [1.29, 1.82) is 0 Å². The molecule has 0 spiro atoms. The Kier molecular flexibility index (Phi) is 3.87. The summed E-state index contributed by atoms with van der Waals surface area (Å²) in [7, 11) is 1.60. The Morgan fingerprint density at radius 3 is 3.00 bits per heavy atom. The van der Waals surface area contributed by atoms with Crippen molar-refractivity contribution in [3.05, 3.63) is 41.8 Å². The molecule has 0 fully saturated rings. The molecule has 5 nitrogen and oxygen atoms in total. The summed E-state index contributed by atoms with van der Waals surface area (Å²) in [6, 6.07) is 5.50. The number of aromatic nitrogens is 2. The SMILES string of the molecule is CO[NH2+]c1ccnc(Nc2ccncc2Cl)c1. The van der Waals surface area contributed by atoms with Crippen LogP contribution in [-0.4, -0.2) is 17.1 Å². The van der Waals surface area contributed by atoms with Crippen LogP contribution in [0.3, 0.4) is 0 Å². The molecule has 0 saturated carbocycles. The second kappa shape index (κ2) is 5.58. The number of pyridine rings is 2. The predicted octanol–water partition coefficient (Wildman–Crippen LogP) is 1.63. The van der Waals surface area contributed by atoms with Crippen molar-refractivity contribution in [3.8, 4) is 0 Å². The molecule has 0 aliphatic carbocycles. The van der Waals surface area contributed by atoms with Crippen LogP contribution in [0.25, 0.3) is 0 Å². The normalized spacial score (nSPS) is 10.2. The lowest BCUT2D eigenvalue weighted by molar-refractivity contribution is -0.830. The van der Waals surface area contributed by atoms with Crippen molar-refractivity contribution in [2.24, 2.45) is 0 Å². The van der Waals surface area contributed by atoms with Gasteiger partial charge in [-0.3, -0.25) is 4.98 Å². The fraction of sp³-hybridized carbons (Fsp3) is 0.0909. The van der Waals surface area contributed by atoms with Gasteiger partial charge in [0.1, 0.15) is 5.82 Å². The van der Waals surface area contributed by atoms with Crippen LogP contribution in [0.2, 0.25) is 5.02 Å². The summed E-state index contributed by atoms with van der Waals surface area (Å²) in [4.78, 5) is 13.0. The molecule has 0 radical (unpaired) electrons. The molecule has 2 aromatic heterocycles. The summed E-state index contributed by atoms with van der Waals surface area (Å²) in [5, 5.41) is 3.66. The van der Waals surface area contributed by atoms with Crippen LogP contribution in [0.4, 0.5) is 17.2 Å². The number of nitrogens with one attached hydrogen (secondary N) is 1. The van der Waals surface area contributed by atoms with Crippen LogP contribution in [0, 0.1) is 0 Å². The first-order valence-corrected chi connectivity index (χ1v) is 5.36. The van der Waals surface area contributed by atoms with Crippen LogP contribution in [-0.2, 0) is 4.84 Å². The first kappa shape index (κ1) is 11.8. The molecule has 88 valence electrons. The maximum Gasteiger partial charge on any atom is 0.167 e. The highest BCUT2D eigenvalue weighted by atomic mass is 35.5. The standard InChI is InChI=1S/C11H11ClN4O/c1-17-16-8-2-5-14-11(6-8)15-10-3-4-13-7-9(10)12/h2-7H,1H3,(H2,13,14,15,16)/p+1. The molecule has 0 aliphatic rings. The molecule has 2 aromatic rings. The number of quaternary nitrogens is 1. The third kappa shape index (κ3) is 3.13.